The van der Waals surface area contributed by atoms with Gasteiger partial charge in [-0.1, -0.05) is 0 Å². The van der Waals surface area contributed by atoms with E-state index in [2.05, 4.69) is 4.98 Å². The maximum atomic E-state index is 12.1. The highest BCUT2D eigenvalue weighted by atomic mass is 16.6. The van der Waals surface area contributed by atoms with E-state index in [1.807, 2.05) is 0 Å². The predicted molar refractivity (Wildman–Crippen MR) is 73.2 cm³/mol. The lowest BCUT2D eigenvalue weighted by atomic mass is 10.1. The van der Waals surface area contributed by atoms with E-state index in [0.29, 0.717) is 0 Å². The molecule has 3 N–H and O–H groups in total. The lowest BCUT2D eigenvalue weighted by molar-refractivity contribution is -0.0513. The van der Waals surface area contributed by atoms with Crippen LogP contribution in [0.2, 0.25) is 0 Å². The Balaban J connectivity index is 2.22. The minimum absolute atomic E-state index is 0.0438. The maximum absolute atomic E-state index is 12.1. The van der Waals surface area contributed by atoms with Gasteiger partial charge in [0.25, 0.3) is 5.56 Å². The molecule has 10 nitrogen and oxygen atoms in total. The molecule has 1 saturated heterocycles. The molecule has 1 fully saturated rings. The molecule has 1 aliphatic rings. The van der Waals surface area contributed by atoms with Gasteiger partial charge in [0, 0.05) is 14.1 Å². The quantitative estimate of drug-likeness (QED) is 0.540. The molecule has 1 aliphatic heterocycles. The minimum atomic E-state index is -1.33. The molecule has 22 heavy (non-hydrogen) atoms. The number of hydrogen-bond acceptors (Lipinski definition) is 7. The number of fused-ring (bicyclic) bond motifs is 1. The summed E-state index contributed by atoms with van der Waals surface area (Å²) in [5.74, 6) is 0. The summed E-state index contributed by atoms with van der Waals surface area (Å²) in [5.41, 5.74) is -0.903. The fraction of sp³-hybridized carbons (Fsp3) is 0.583. The average molecular weight is 312 g/mol. The number of ether oxygens (including phenoxy) is 1. The number of hydrogen-bond donors (Lipinski definition) is 3. The molecule has 2 aromatic rings. The third-order valence-corrected chi connectivity index (χ3v) is 3.96. The van der Waals surface area contributed by atoms with Crippen LogP contribution < -0.4 is 11.2 Å². The van der Waals surface area contributed by atoms with Gasteiger partial charge in [0.05, 0.1) is 12.9 Å². The van der Waals surface area contributed by atoms with Crippen LogP contribution in [0.4, 0.5) is 0 Å². The Bertz CT molecular complexity index is 836. The van der Waals surface area contributed by atoms with Gasteiger partial charge in [-0.05, 0) is 0 Å². The summed E-state index contributed by atoms with van der Waals surface area (Å²) in [4.78, 5) is 28.1. The third-order valence-electron chi connectivity index (χ3n) is 3.96. The van der Waals surface area contributed by atoms with E-state index >= 15 is 0 Å². The lowest BCUT2D eigenvalue weighted by Crippen LogP contribution is -2.38. The first-order chi connectivity index (χ1) is 10.4. The lowest BCUT2D eigenvalue weighted by Gasteiger charge is -2.18. The van der Waals surface area contributed by atoms with Crippen molar-refractivity contribution in [3.8, 4) is 0 Å². The number of rotatable bonds is 2. The van der Waals surface area contributed by atoms with Gasteiger partial charge in [-0.25, -0.2) is 9.78 Å². The molecule has 0 unspecified atom stereocenters. The largest absolute Gasteiger partial charge is 0.394 e. The molecule has 10 heteroatoms. The molecule has 0 radical (unpaired) electrons. The Morgan fingerprint density at radius 3 is 2.50 bits per heavy atom. The molecule has 3 rings (SSSR count). The standard InChI is InChI=1S/C12H16N4O6/c1-14-9-6(10(20)15(2)12(14)21)13-4-16(9)11-8(19)7(18)5(3-17)22-11/h4-5,7-8,11,17-19H,3H2,1-2H3/t5-,7-,8-,11-/m1/s1. The Morgan fingerprint density at radius 1 is 1.23 bits per heavy atom. The summed E-state index contributed by atoms with van der Waals surface area (Å²) in [7, 11) is 2.80. The van der Waals surface area contributed by atoms with Crippen molar-refractivity contribution < 1.29 is 20.1 Å². The number of aliphatic hydroxyl groups is 3. The van der Waals surface area contributed by atoms with E-state index < -0.39 is 42.4 Å². The number of aliphatic hydroxyl groups excluding tert-OH is 3. The van der Waals surface area contributed by atoms with Crippen LogP contribution in [0.15, 0.2) is 15.9 Å². The van der Waals surface area contributed by atoms with Crippen molar-refractivity contribution in [3.05, 3.63) is 27.2 Å². The fourth-order valence-corrected chi connectivity index (χ4v) is 2.69. The number of imidazole rings is 1. The molecule has 0 bridgehead atoms. The molecule has 4 atom stereocenters. The van der Waals surface area contributed by atoms with Crippen LogP contribution in [-0.2, 0) is 18.8 Å². The normalized spacial score (nSPS) is 28.6. The van der Waals surface area contributed by atoms with Gasteiger partial charge in [-0.3, -0.25) is 18.5 Å². The number of aryl methyl sites for hydroxylation is 1. The van der Waals surface area contributed by atoms with E-state index in [4.69, 9.17) is 9.84 Å². The zero-order chi connectivity index (χ0) is 16.2. The van der Waals surface area contributed by atoms with E-state index in [1.165, 1.54) is 29.6 Å². The molecule has 0 saturated carbocycles. The van der Waals surface area contributed by atoms with E-state index in [9.17, 15) is 19.8 Å². The Morgan fingerprint density at radius 2 is 1.91 bits per heavy atom. The van der Waals surface area contributed by atoms with Crippen molar-refractivity contribution in [1.82, 2.24) is 18.7 Å². The van der Waals surface area contributed by atoms with Crippen LogP contribution in [0.3, 0.4) is 0 Å². The van der Waals surface area contributed by atoms with E-state index in [1.54, 1.807) is 0 Å². The van der Waals surface area contributed by atoms with Gasteiger partial charge in [-0.2, -0.15) is 0 Å². The van der Waals surface area contributed by atoms with Crippen LogP contribution in [0.1, 0.15) is 6.23 Å². The molecule has 120 valence electrons. The second-order valence-electron chi connectivity index (χ2n) is 5.26. The summed E-state index contributed by atoms with van der Waals surface area (Å²) in [6, 6.07) is 0. The zero-order valence-corrected chi connectivity index (χ0v) is 11.9. The smallest absolute Gasteiger partial charge is 0.332 e. The van der Waals surface area contributed by atoms with Crippen molar-refractivity contribution in [2.75, 3.05) is 6.61 Å². The van der Waals surface area contributed by atoms with Gasteiger partial charge < -0.3 is 20.1 Å². The molecular formula is C12H16N4O6. The minimum Gasteiger partial charge on any atom is -0.394 e. The van der Waals surface area contributed by atoms with Crippen molar-refractivity contribution in [1.29, 1.82) is 0 Å². The summed E-state index contributed by atoms with van der Waals surface area (Å²) in [5, 5.41) is 29.0. The maximum Gasteiger partial charge on any atom is 0.332 e. The second kappa shape index (κ2) is 5.02. The van der Waals surface area contributed by atoms with Crippen LogP contribution in [0.5, 0.6) is 0 Å². The van der Waals surface area contributed by atoms with Crippen LogP contribution in [0.25, 0.3) is 11.2 Å². The monoisotopic (exact) mass is 312 g/mol. The van der Waals surface area contributed by atoms with Crippen LogP contribution in [0, 0.1) is 0 Å². The topological polar surface area (TPSA) is 132 Å². The third kappa shape index (κ3) is 1.85. The summed E-state index contributed by atoms with van der Waals surface area (Å²) in [6.07, 6.45) is -3.37. The van der Waals surface area contributed by atoms with E-state index in [0.717, 1.165) is 4.57 Å². The predicted octanol–water partition coefficient (Wildman–Crippen LogP) is -2.95. The van der Waals surface area contributed by atoms with Gasteiger partial charge in [0.15, 0.2) is 17.4 Å². The highest BCUT2D eigenvalue weighted by Gasteiger charge is 2.44. The Kier molecular flexibility index (Phi) is 3.40. The van der Waals surface area contributed by atoms with Crippen molar-refractivity contribution >= 4 is 11.2 Å². The molecule has 0 amide bonds. The first kappa shape index (κ1) is 14.9. The highest BCUT2D eigenvalue weighted by molar-refractivity contribution is 5.70. The summed E-state index contributed by atoms with van der Waals surface area (Å²) >= 11 is 0. The number of nitrogens with zero attached hydrogens (tertiary/aromatic N) is 4. The number of aromatic nitrogens is 4. The van der Waals surface area contributed by atoms with Gasteiger partial charge in [0.2, 0.25) is 0 Å². The second-order valence-corrected chi connectivity index (χ2v) is 5.26. The SMILES string of the molecule is Cn1c(=O)c2ncn([C@@H]3O[C@H](CO)[C@@H](O)[C@H]3O)c2n(C)c1=O. The first-order valence-electron chi connectivity index (χ1n) is 6.63. The van der Waals surface area contributed by atoms with Crippen molar-refractivity contribution in [3.63, 3.8) is 0 Å². The Hall–Kier alpha value is -2.01. The molecule has 0 aromatic carbocycles. The van der Waals surface area contributed by atoms with Crippen LogP contribution >= 0.6 is 0 Å². The first-order valence-corrected chi connectivity index (χ1v) is 6.63. The van der Waals surface area contributed by atoms with Crippen molar-refractivity contribution in [2.45, 2.75) is 24.5 Å². The highest BCUT2D eigenvalue weighted by Crippen LogP contribution is 2.30. The van der Waals surface area contributed by atoms with Crippen LogP contribution in [-0.4, -0.2) is 58.9 Å². The summed E-state index contributed by atoms with van der Waals surface area (Å²) in [6.45, 7) is -0.470. The fourth-order valence-electron chi connectivity index (χ4n) is 2.69. The average Bonchev–Trinajstić information content (AvgIpc) is 3.06. The van der Waals surface area contributed by atoms with Crippen molar-refractivity contribution in [2.24, 2.45) is 14.1 Å². The zero-order valence-electron chi connectivity index (χ0n) is 11.9. The Labute approximate surface area is 123 Å². The molecule has 0 spiro atoms. The van der Waals surface area contributed by atoms with Gasteiger partial charge >= 0.3 is 5.69 Å². The molecule has 0 aliphatic carbocycles. The molecule has 3 heterocycles. The molecular weight excluding hydrogens is 296 g/mol. The molecule has 2 aromatic heterocycles. The van der Waals surface area contributed by atoms with Gasteiger partial charge in [-0.15, -0.1) is 0 Å². The van der Waals surface area contributed by atoms with Gasteiger partial charge in [0.1, 0.15) is 18.3 Å². The summed E-state index contributed by atoms with van der Waals surface area (Å²) < 4.78 is 8.84. The van der Waals surface area contributed by atoms with E-state index in [-0.39, 0.29) is 11.2 Å².